The topological polar surface area (TPSA) is 59.6 Å². The van der Waals surface area contributed by atoms with E-state index in [-0.39, 0.29) is 18.1 Å². The van der Waals surface area contributed by atoms with Gasteiger partial charge in [-0.2, -0.15) is 0 Å². The van der Waals surface area contributed by atoms with Crippen LogP contribution in [0.15, 0.2) is 24.3 Å². The van der Waals surface area contributed by atoms with Crippen LogP contribution in [0.1, 0.15) is 25.7 Å². The lowest BCUT2D eigenvalue weighted by atomic mass is 10.2. The maximum atomic E-state index is 12.1. The second kappa shape index (κ2) is 6.91. The second-order valence-corrected chi connectivity index (χ2v) is 5.61. The van der Waals surface area contributed by atoms with Crippen molar-refractivity contribution in [2.45, 2.75) is 37.8 Å². The monoisotopic (exact) mass is 290 g/mol. The standard InChI is InChI=1S/C16H22N2O3/c19-16(15-7-2-8-17-15)18-12-4-1-5-13(10-12)21-11-14-6-3-9-20-14/h1,4-5,10,14-15,17H,2-3,6-9,11H2,(H,18,19). The first-order chi connectivity index (χ1) is 10.3. The van der Waals surface area contributed by atoms with Gasteiger partial charge in [-0.1, -0.05) is 6.07 Å². The molecule has 21 heavy (non-hydrogen) atoms. The zero-order chi connectivity index (χ0) is 14.5. The Hall–Kier alpha value is -1.59. The quantitative estimate of drug-likeness (QED) is 0.870. The van der Waals surface area contributed by atoms with Crippen molar-refractivity contribution in [2.75, 3.05) is 25.1 Å². The van der Waals surface area contributed by atoms with E-state index in [1.165, 1.54) is 0 Å². The van der Waals surface area contributed by atoms with E-state index in [1.54, 1.807) is 0 Å². The Kier molecular flexibility index (Phi) is 4.72. The molecule has 1 aromatic carbocycles. The molecular formula is C16H22N2O3. The zero-order valence-corrected chi connectivity index (χ0v) is 12.1. The fourth-order valence-corrected chi connectivity index (χ4v) is 2.77. The van der Waals surface area contributed by atoms with Gasteiger partial charge in [-0.25, -0.2) is 0 Å². The molecule has 1 amide bonds. The molecule has 5 nitrogen and oxygen atoms in total. The van der Waals surface area contributed by atoms with Gasteiger partial charge in [0.05, 0.1) is 12.1 Å². The molecule has 0 spiro atoms. The minimum absolute atomic E-state index is 0.0313. The molecule has 114 valence electrons. The molecule has 2 atom stereocenters. The van der Waals surface area contributed by atoms with Crippen molar-refractivity contribution in [3.05, 3.63) is 24.3 Å². The molecule has 1 aromatic rings. The minimum atomic E-state index is -0.0681. The highest BCUT2D eigenvalue weighted by Crippen LogP contribution is 2.20. The zero-order valence-electron chi connectivity index (χ0n) is 12.1. The van der Waals surface area contributed by atoms with Gasteiger partial charge in [0.1, 0.15) is 12.4 Å². The predicted octanol–water partition coefficient (Wildman–Crippen LogP) is 1.93. The van der Waals surface area contributed by atoms with Gasteiger partial charge in [0, 0.05) is 18.4 Å². The van der Waals surface area contributed by atoms with E-state index in [4.69, 9.17) is 9.47 Å². The number of amides is 1. The van der Waals surface area contributed by atoms with Crippen molar-refractivity contribution in [1.29, 1.82) is 0 Å². The normalized spacial score (nSPS) is 25.0. The lowest BCUT2D eigenvalue weighted by Crippen LogP contribution is -2.35. The number of ether oxygens (including phenoxy) is 2. The number of nitrogens with one attached hydrogen (secondary N) is 2. The largest absolute Gasteiger partial charge is 0.491 e. The lowest BCUT2D eigenvalue weighted by molar-refractivity contribution is -0.117. The van der Waals surface area contributed by atoms with Crippen molar-refractivity contribution in [1.82, 2.24) is 5.32 Å². The average molecular weight is 290 g/mol. The summed E-state index contributed by atoms with van der Waals surface area (Å²) in [6.45, 7) is 2.32. The van der Waals surface area contributed by atoms with Gasteiger partial charge in [-0.3, -0.25) is 4.79 Å². The van der Waals surface area contributed by atoms with E-state index >= 15 is 0 Å². The Morgan fingerprint density at radius 1 is 1.38 bits per heavy atom. The predicted molar refractivity (Wildman–Crippen MR) is 80.6 cm³/mol. The van der Waals surface area contributed by atoms with Crippen LogP contribution >= 0.6 is 0 Å². The van der Waals surface area contributed by atoms with Gasteiger partial charge in [-0.15, -0.1) is 0 Å². The minimum Gasteiger partial charge on any atom is -0.491 e. The van der Waals surface area contributed by atoms with Gasteiger partial charge in [0.2, 0.25) is 5.91 Å². The Morgan fingerprint density at radius 3 is 3.10 bits per heavy atom. The van der Waals surface area contributed by atoms with Crippen molar-refractivity contribution in [3.63, 3.8) is 0 Å². The van der Waals surface area contributed by atoms with E-state index in [9.17, 15) is 4.79 Å². The number of carbonyl (C=O) groups is 1. The Morgan fingerprint density at radius 2 is 2.33 bits per heavy atom. The Labute approximate surface area is 125 Å². The van der Waals surface area contributed by atoms with E-state index in [0.29, 0.717) is 6.61 Å². The molecule has 2 fully saturated rings. The number of benzene rings is 1. The van der Waals surface area contributed by atoms with Gasteiger partial charge in [0.15, 0.2) is 0 Å². The van der Waals surface area contributed by atoms with Crippen LogP contribution in [0.4, 0.5) is 5.69 Å². The van der Waals surface area contributed by atoms with E-state index < -0.39 is 0 Å². The highest BCUT2D eigenvalue weighted by atomic mass is 16.5. The van der Waals surface area contributed by atoms with Crippen LogP contribution in [0.5, 0.6) is 5.75 Å². The van der Waals surface area contributed by atoms with Crippen LogP contribution in [0.2, 0.25) is 0 Å². The first-order valence-corrected chi connectivity index (χ1v) is 7.70. The SMILES string of the molecule is O=C(Nc1cccc(OCC2CCCO2)c1)C1CCCN1. The molecule has 0 bridgehead atoms. The molecule has 2 saturated heterocycles. The van der Waals surface area contributed by atoms with Gasteiger partial charge in [-0.05, 0) is 44.4 Å². The highest BCUT2D eigenvalue weighted by Gasteiger charge is 2.22. The Balaban J connectivity index is 1.53. The van der Waals surface area contributed by atoms with Crippen LogP contribution in [-0.2, 0) is 9.53 Å². The number of hydrogen-bond acceptors (Lipinski definition) is 4. The molecule has 2 unspecified atom stereocenters. The van der Waals surface area contributed by atoms with E-state index in [2.05, 4.69) is 10.6 Å². The smallest absolute Gasteiger partial charge is 0.241 e. The van der Waals surface area contributed by atoms with Crippen LogP contribution < -0.4 is 15.4 Å². The van der Waals surface area contributed by atoms with Crippen molar-refractivity contribution < 1.29 is 14.3 Å². The third kappa shape index (κ3) is 3.95. The lowest BCUT2D eigenvalue weighted by Gasteiger charge is -2.14. The highest BCUT2D eigenvalue weighted by molar-refractivity contribution is 5.95. The molecule has 2 N–H and O–H groups in total. The summed E-state index contributed by atoms with van der Waals surface area (Å²) in [5.74, 6) is 0.798. The first-order valence-electron chi connectivity index (χ1n) is 7.70. The summed E-state index contributed by atoms with van der Waals surface area (Å²) in [6.07, 6.45) is 4.33. The molecule has 2 aliphatic heterocycles. The molecule has 2 aliphatic rings. The molecular weight excluding hydrogens is 268 g/mol. The summed E-state index contributed by atoms with van der Waals surface area (Å²) >= 11 is 0. The summed E-state index contributed by atoms with van der Waals surface area (Å²) in [5.41, 5.74) is 0.776. The summed E-state index contributed by atoms with van der Waals surface area (Å²) in [4.78, 5) is 12.1. The molecule has 2 heterocycles. The summed E-state index contributed by atoms with van der Waals surface area (Å²) in [7, 11) is 0. The van der Waals surface area contributed by atoms with Crippen LogP contribution in [0.3, 0.4) is 0 Å². The fraction of sp³-hybridized carbons (Fsp3) is 0.562. The van der Waals surface area contributed by atoms with Crippen LogP contribution in [-0.4, -0.2) is 37.8 Å². The second-order valence-electron chi connectivity index (χ2n) is 5.61. The van der Waals surface area contributed by atoms with Gasteiger partial charge < -0.3 is 20.1 Å². The molecule has 5 heteroatoms. The molecule has 0 aliphatic carbocycles. The van der Waals surface area contributed by atoms with Crippen molar-refractivity contribution in [2.24, 2.45) is 0 Å². The van der Waals surface area contributed by atoms with E-state index in [0.717, 1.165) is 50.3 Å². The summed E-state index contributed by atoms with van der Waals surface area (Å²) < 4.78 is 11.3. The average Bonchev–Trinajstić information content (AvgIpc) is 3.19. The fourth-order valence-electron chi connectivity index (χ4n) is 2.77. The van der Waals surface area contributed by atoms with Crippen LogP contribution in [0.25, 0.3) is 0 Å². The summed E-state index contributed by atoms with van der Waals surface area (Å²) in [6, 6.07) is 7.47. The molecule has 0 radical (unpaired) electrons. The van der Waals surface area contributed by atoms with Gasteiger partial charge >= 0.3 is 0 Å². The number of anilines is 1. The van der Waals surface area contributed by atoms with E-state index in [1.807, 2.05) is 24.3 Å². The number of rotatable bonds is 5. The van der Waals surface area contributed by atoms with Gasteiger partial charge in [0.25, 0.3) is 0 Å². The summed E-state index contributed by atoms with van der Waals surface area (Å²) in [5, 5.41) is 6.13. The third-order valence-corrected chi connectivity index (χ3v) is 3.94. The maximum absolute atomic E-state index is 12.1. The molecule has 0 saturated carbocycles. The van der Waals surface area contributed by atoms with Crippen molar-refractivity contribution in [3.8, 4) is 5.75 Å². The number of carbonyl (C=O) groups excluding carboxylic acids is 1. The molecule has 0 aromatic heterocycles. The Bertz CT molecular complexity index is 480. The molecule has 3 rings (SSSR count). The maximum Gasteiger partial charge on any atom is 0.241 e. The first kappa shape index (κ1) is 14.4. The van der Waals surface area contributed by atoms with Crippen LogP contribution in [0, 0.1) is 0 Å². The third-order valence-electron chi connectivity index (χ3n) is 3.94. The van der Waals surface area contributed by atoms with Crippen molar-refractivity contribution >= 4 is 11.6 Å². The number of hydrogen-bond donors (Lipinski definition) is 2.